The van der Waals surface area contributed by atoms with Crippen LogP contribution in [0.1, 0.15) is 16.7 Å². The number of nitrogens with zero attached hydrogens (tertiary/aromatic N) is 2. The largest absolute Gasteiger partial charge is 0.281 e. The van der Waals surface area contributed by atoms with Crippen LogP contribution in [0, 0.1) is 11.3 Å². The van der Waals surface area contributed by atoms with Crippen molar-refractivity contribution in [2.24, 2.45) is 0 Å². The Kier molecular flexibility index (Phi) is 2.85. The average molecular weight is 248 g/mol. The maximum atomic E-state index is 9.92. The van der Waals surface area contributed by atoms with Gasteiger partial charge in [0.2, 0.25) is 0 Å². The highest BCUT2D eigenvalue weighted by Gasteiger charge is 2.42. The molecule has 2 aromatic rings. The van der Waals surface area contributed by atoms with Crippen molar-refractivity contribution in [1.82, 2.24) is 4.90 Å². The van der Waals surface area contributed by atoms with E-state index < -0.39 is 5.54 Å². The Labute approximate surface area is 113 Å². The molecule has 3 rings (SSSR count). The summed E-state index contributed by atoms with van der Waals surface area (Å²) in [5, 5.41) is 9.92. The lowest BCUT2D eigenvalue weighted by Gasteiger charge is -2.41. The second-order valence-corrected chi connectivity index (χ2v) is 5.02. The average Bonchev–Trinajstić information content (AvgIpc) is 2.48. The predicted molar refractivity (Wildman–Crippen MR) is 75.6 cm³/mol. The van der Waals surface area contributed by atoms with E-state index in [1.807, 2.05) is 43.4 Å². The van der Waals surface area contributed by atoms with Crippen LogP contribution in [0.5, 0.6) is 0 Å². The van der Waals surface area contributed by atoms with Gasteiger partial charge in [-0.05, 0) is 30.2 Å². The minimum absolute atomic E-state index is 0.657. The van der Waals surface area contributed by atoms with Gasteiger partial charge >= 0.3 is 0 Å². The van der Waals surface area contributed by atoms with E-state index >= 15 is 0 Å². The monoisotopic (exact) mass is 248 g/mol. The van der Waals surface area contributed by atoms with E-state index in [0.29, 0.717) is 0 Å². The highest BCUT2D eigenvalue weighted by Crippen LogP contribution is 2.39. The molecule has 0 fully saturated rings. The molecule has 19 heavy (non-hydrogen) atoms. The number of benzene rings is 2. The number of rotatable bonds is 1. The van der Waals surface area contributed by atoms with E-state index in [1.54, 1.807) is 0 Å². The first kappa shape index (κ1) is 12.0. The first-order valence-electron chi connectivity index (χ1n) is 6.55. The molecule has 1 unspecified atom stereocenters. The molecule has 0 spiro atoms. The van der Waals surface area contributed by atoms with Crippen molar-refractivity contribution in [3.8, 4) is 6.07 Å². The predicted octanol–water partition coefficient (Wildman–Crippen LogP) is 2.94. The van der Waals surface area contributed by atoms with Crippen LogP contribution in [0.25, 0.3) is 0 Å². The molecule has 0 saturated carbocycles. The molecule has 94 valence electrons. The molecular formula is C17H16N2. The molecule has 0 aromatic heterocycles. The smallest absolute Gasteiger partial charge is 0.160 e. The van der Waals surface area contributed by atoms with Gasteiger partial charge in [0.25, 0.3) is 0 Å². The summed E-state index contributed by atoms with van der Waals surface area (Å²) >= 11 is 0. The first-order chi connectivity index (χ1) is 9.29. The fourth-order valence-corrected chi connectivity index (χ4v) is 3.02. The standard InChI is InChI=1S/C17H16N2/c1-19-12-11-14-7-5-6-10-16(14)17(19,13-18)15-8-3-2-4-9-15/h2-10H,11-12H2,1H3. The Morgan fingerprint density at radius 3 is 2.47 bits per heavy atom. The van der Waals surface area contributed by atoms with E-state index in [4.69, 9.17) is 0 Å². The molecule has 0 bridgehead atoms. The minimum Gasteiger partial charge on any atom is -0.281 e. The maximum absolute atomic E-state index is 9.92. The first-order valence-corrected chi connectivity index (χ1v) is 6.55. The van der Waals surface area contributed by atoms with Gasteiger partial charge in [-0.25, -0.2) is 0 Å². The fourth-order valence-electron chi connectivity index (χ4n) is 3.02. The number of nitriles is 1. The quantitative estimate of drug-likeness (QED) is 0.776. The normalized spacial score (nSPS) is 22.5. The van der Waals surface area contributed by atoms with Crippen LogP contribution in [0.2, 0.25) is 0 Å². The van der Waals surface area contributed by atoms with E-state index in [-0.39, 0.29) is 0 Å². The molecule has 2 nitrogen and oxygen atoms in total. The van der Waals surface area contributed by atoms with Gasteiger partial charge in [0.05, 0.1) is 6.07 Å². The fraction of sp³-hybridized carbons (Fsp3) is 0.235. The summed E-state index contributed by atoms with van der Waals surface area (Å²) in [5.74, 6) is 0. The van der Waals surface area contributed by atoms with Gasteiger partial charge in [-0.1, -0.05) is 54.6 Å². The van der Waals surface area contributed by atoms with Crippen LogP contribution in [0.3, 0.4) is 0 Å². The Morgan fingerprint density at radius 2 is 1.74 bits per heavy atom. The van der Waals surface area contributed by atoms with E-state index in [9.17, 15) is 5.26 Å². The van der Waals surface area contributed by atoms with Crippen LogP contribution in [-0.2, 0) is 12.0 Å². The molecular weight excluding hydrogens is 232 g/mol. The van der Waals surface area contributed by atoms with Crippen molar-refractivity contribution in [3.63, 3.8) is 0 Å². The highest BCUT2D eigenvalue weighted by atomic mass is 15.2. The summed E-state index contributed by atoms with van der Waals surface area (Å²) in [5.41, 5.74) is 2.80. The molecule has 2 aromatic carbocycles. The third kappa shape index (κ3) is 1.67. The molecule has 0 saturated heterocycles. The van der Waals surface area contributed by atoms with Crippen LogP contribution in [0.4, 0.5) is 0 Å². The minimum atomic E-state index is -0.657. The molecule has 0 amide bonds. The van der Waals surface area contributed by atoms with Gasteiger partial charge in [0, 0.05) is 6.54 Å². The van der Waals surface area contributed by atoms with Gasteiger partial charge < -0.3 is 0 Å². The van der Waals surface area contributed by atoms with Crippen molar-refractivity contribution < 1.29 is 0 Å². The van der Waals surface area contributed by atoms with Crippen LogP contribution >= 0.6 is 0 Å². The molecule has 0 aliphatic carbocycles. The number of hydrogen-bond donors (Lipinski definition) is 0. The third-order valence-electron chi connectivity index (χ3n) is 4.05. The Morgan fingerprint density at radius 1 is 1.05 bits per heavy atom. The van der Waals surface area contributed by atoms with E-state index in [2.05, 4.69) is 29.2 Å². The number of likely N-dealkylation sites (N-methyl/N-ethyl adjacent to an activating group) is 1. The molecule has 0 N–H and O–H groups in total. The van der Waals surface area contributed by atoms with Crippen LogP contribution < -0.4 is 0 Å². The molecule has 0 radical (unpaired) electrons. The van der Waals surface area contributed by atoms with Gasteiger partial charge in [0.15, 0.2) is 5.54 Å². The SMILES string of the molecule is CN1CCc2ccccc2C1(C#N)c1ccccc1. The molecule has 1 heterocycles. The third-order valence-corrected chi connectivity index (χ3v) is 4.05. The zero-order valence-electron chi connectivity index (χ0n) is 11.0. The van der Waals surface area contributed by atoms with Crippen molar-refractivity contribution in [1.29, 1.82) is 5.26 Å². The van der Waals surface area contributed by atoms with Crippen molar-refractivity contribution in [2.75, 3.05) is 13.6 Å². The lowest BCUT2D eigenvalue weighted by molar-refractivity contribution is 0.200. The van der Waals surface area contributed by atoms with Crippen molar-refractivity contribution in [3.05, 3.63) is 71.3 Å². The van der Waals surface area contributed by atoms with Gasteiger partial charge in [0.1, 0.15) is 0 Å². The second kappa shape index (κ2) is 4.53. The van der Waals surface area contributed by atoms with Crippen molar-refractivity contribution in [2.45, 2.75) is 12.0 Å². The van der Waals surface area contributed by atoms with E-state index in [0.717, 1.165) is 24.1 Å². The van der Waals surface area contributed by atoms with Crippen LogP contribution in [0.15, 0.2) is 54.6 Å². The molecule has 1 aliphatic heterocycles. The van der Waals surface area contributed by atoms with Gasteiger partial charge in [-0.3, -0.25) is 4.90 Å². The lowest BCUT2D eigenvalue weighted by atomic mass is 9.77. The summed E-state index contributed by atoms with van der Waals surface area (Å²) in [7, 11) is 2.03. The Balaban J connectivity index is 2.29. The van der Waals surface area contributed by atoms with Crippen LogP contribution in [-0.4, -0.2) is 18.5 Å². The summed E-state index contributed by atoms with van der Waals surface area (Å²) < 4.78 is 0. The zero-order chi connectivity index (χ0) is 13.3. The second-order valence-electron chi connectivity index (χ2n) is 5.02. The van der Waals surface area contributed by atoms with Crippen molar-refractivity contribution >= 4 is 0 Å². The summed E-state index contributed by atoms with van der Waals surface area (Å²) in [6, 6.07) is 20.9. The topological polar surface area (TPSA) is 27.0 Å². The molecule has 1 atom stereocenters. The molecule has 1 aliphatic rings. The molecule has 2 heteroatoms. The zero-order valence-corrected chi connectivity index (χ0v) is 11.0. The number of fused-ring (bicyclic) bond motifs is 1. The summed E-state index contributed by atoms with van der Waals surface area (Å²) in [6.07, 6.45) is 1.00. The van der Waals surface area contributed by atoms with Gasteiger partial charge in [-0.2, -0.15) is 5.26 Å². The number of hydrogen-bond acceptors (Lipinski definition) is 2. The van der Waals surface area contributed by atoms with E-state index in [1.165, 1.54) is 5.56 Å². The highest BCUT2D eigenvalue weighted by molar-refractivity contribution is 5.50. The van der Waals surface area contributed by atoms with Gasteiger partial charge in [-0.15, -0.1) is 0 Å². The summed E-state index contributed by atoms with van der Waals surface area (Å²) in [6.45, 7) is 0.902. The lowest BCUT2D eigenvalue weighted by Crippen LogP contribution is -2.48. The Bertz CT molecular complexity index is 627. The maximum Gasteiger partial charge on any atom is 0.160 e. The summed E-state index contributed by atoms with van der Waals surface area (Å²) in [4.78, 5) is 2.16. The Hall–Kier alpha value is -2.11.